The summed E-state index contributed by atoms with van der Waals surface area (Å²) in [6.45, 7) is 19.5. The van der Waals surface area contributed by atoms with Crippen LogP contribution in [0.5, 0.6) is 0 Å². The van der Waals surface area contributed by atoms with Crippen molar-refractivity contribution in [2.24, 2.45) is 0 Å². The van der Waals surface area contributed by atoms with E-state index in [4.69, 9.17) is 0 Å². The quantitative estimate of drug-likeness (QED) is 0.405. The third-order valence-electron chi connectivity index (χ3n) is 3.67. The first kappa shape index (κ1) is 29.3. The lowest BCUT2D eigenvalue weighted by Crippen LogP contribution is -2.21. The second-order valence-electron chi connectivity index (χ2n) is 9.54. The summed E-state index contributed by atoms with van der Waals surface area (Å²) >= 11 is 1.72. The van der Waals surface area contributed by atoms with Crippen LogP contribution in [-0.4, -0.2) is 19.7 Å². The van der Waals surface area contributed by atoms with E-state index in [-0.39, 0.29) is 31.2 Å². The van der Waals surface area contributed by atoms with Crippen LogP contribution in [0.25, 0.3) is 0 Å². The van der Waals surface area contributed by atoms with Gasteiger partial charge in [-0.1, -0.05) is 56.4 Å². The van der Waals surface area contributed by atoms with E-state index < -0.39 is 0 Å². The highest BCUT2D eigenvalue weighted by Crippen LogP contribution is 2.23. The van der Waals surface area contributed by atoms with Crippen molar-refractivity contribution in [3.8, 4) is 0 Å². The number of nitrogens with one attached hydrogen (secondary N) is 1. The molecule has 0 aliphatic carbocycles. The molecule has 4 nitrogen and oxygen atoms in total. The molecule has 0 amide bonds. The topological polar surface area (TPSA) is 46.5 Å². The summed E-state index contributed by atoms with van der Waals surface area (Å²) in [5.74, 6) is 0. The van der Waals surface area contributed by atoms with Crippen molar-refractivity contribution < 1.29 is 0 Å². The van der Waals surface area contributed by atoms with Crippen molar-refractivity contribution in [3.63, 3.8) is 0 Å². The Bertz CT molecular complexity index is 615. The van der Waals surface area contributed by atoms with Crippen LogP contribution in [0.4, 0.5) is 0 Å². The average Bonchev–Trinajstić information content (AvgIpc) is 3.28. The van der Waals surface area contributed by atoms with Crippen molar-refractivity contribution in [1.82, 2.24) is 19.7 Å². The summed E-state index contributed by atoms with van der Waals surface area (Å²) in [6.07, 6.45) is 7.58. The first-order valence-electron chi connectivity index (χ1n) is 9.36. The average molecular weight is 421 g/mol. The van der Waals surface area contributed by atoms with E-state index in [1.165, 1.54) is 10.7 Å². The zero-order chi connectivity index (χ0) is 20.7. The molecule has 3 heterocycles. The van der Waals surface area contributed by atoms with Crippen LogP contribution in [0.15, 0.2) is 48.4 Å². The second-order valence-corrected chi connectivity index (χ2v) is 10.4. The van der Waals surface area contributed by atoms with Gasteiger partial charge in [0.05, 0.1) is 10.5 Å². The van der Waals surface area contributed by atoms with Crippen LogP contribution >= 0.6 is 11.3 Å². The van der Waals surface area contributed by atoms with Gasteiger partial charge in [0.15, 0.2) is 0 Å². The predicted octanol–water partition coefficient (Wildman–Crippen LogP) is 7.66. The van der Waals surface area contributed by atoms with Gasteiger partial charge in [-0.25, -0.2) is 4.98 Å². The van der Waals surface area contributed by atoms with Crippen LogP contribution in [0, 0.1) is 0 Å². The van der Waals surface area contributed by atoms with Crippen molar-refractivity contribution >= 4 is 11.3 Å². The number of hydrogen-bond donors (Lipinski definition) is 1. The number of aromatic nitrogens is 4. The van der Waals surface area contributed by atoms with Crippen LogP contribution in [0.2, 0.25) is 0 Å². The van der Waals surface area contributed by atoms with Crippen LogP contribution in [-0.2, 0) is 16.4 Å². The second kappa shape index (κ2) is 12.0. The van der Waals surface area contributed by atoms with E-state index in [0.717, 1.165) is 0 Å². The lowest BCUT2D eigenvalue weighted by molar-refractivity contribution is 0.355. The molecule has 1 N–H and O–H groups in total. The molecule has 0 bridgehead atoms. The fraction of sp³-hybridized carbons (Fsp3) is 0.583. The van der Waals surface area contributed by atoms with E-state index in [1.807, 2.05) is 40.8 Å². The van der Waals surface area contributed by atoms with E-state index in [9.17, 15) is 0 Å². The Morgan fingerprint density at radius 2 is 1.48 bits per heavy atom. The Morgan fingerprint density at radius 3 is 1.69 bits per heavy atom. The van der Waals surface area contributed by atoms with E-state index >= 15 is 0 Å². The Kier molecular flexibility index (Phi) is 12.1. The summed E-state index contributed by atoms with van der Waals surface area (Å²) in [6, 6.07) is 6.08. The smallest absolute Gasteiger partial charge is 0.0978 e. The summed E-state index contributed by atoms with van der Waals surface area (Å²) in [7, 11) is 0. The summed E-state index contributed by atoms with van der Waals surface area (Å²) in [4.78, 5) is 7.38. The molecule has 0 saturated heterocycles. The summed E-state index contributed by atoms with van der Waals surface area (Å²) in [5, 5.41) is 7.33. The molecule has 0 spiro atoms. The van der Waals surface area contributed by atoms with Gasteiger partial charge < -0.3 is 4.98 Å². The largest absolute Gasteiger partial charge is 0.365 e. The first-order chi connectivity index (χ1) is 12.3. The number of rotatable bonds is 0. The molecular weight excluding hydrogens is 376 g/mol. The summed E-state index contributed by atoms with van der Waals surface area (Å²) in [5.41, 5.74) is 1.92. The number of H-pyrrole nitrogens is 1. The molecule has 0 fully saturated rings. The molecule has 166 valence electrons. The monoisotopic (exact) mass is 420 g/mol. The van der Waals surface area contributed by atoms with Crippen molar-refractivity contribution in [2.75, 3.05) is 0 Å². The van der Waals surface area contributed by atoms with E-state index in [0.29, 0.717) is 0 Å². The van der Waals surface area contributed by atoms with E-state index in [1.54, 1.807) is 17.5 Å². The lowest BCUT2D eigenvalue weighted by atomic mass is 9.93. The third kappa shape index (κ3) is 11.0. The molecule has 29 heavy (non-hydrogen) atoms. The molecule has 0 aliphatic rings. The maximum absolute atomic E-state index is 4.21. The molecular formula is C24H44N4S. The fourth-order valence-electron chi connectivity index (χ4n) is 2.06. The highest BCUT2D eigenvalue weighted by molar-refractivity contribution is 7.09. The van der Waals surface area contributed by atoms with Gasteiger partial charge in [-0.15, -0.1) is 11.3 Å². The van der Waals surface area contributed by atoms with Crippen molar-refractivity contribution in [1.29, 1.82) is 0 Å². The molecule has 3 aromatic heterocycles. The highest BCUT2D eigenvalue weighted by Gasteiger charge is 2.15. The van der Waals surface area contributed by atoms with Gasteiger partial charge >= 0.3 is 0 Å². The number of nitrogens with zero attached hydrogens (tertiary/aromatic N) is 3. The number of hydrogen-bond acceptors (Lipinski definition) is 3. The van der Waals surface area contributed by atoms with Gasteiger partial charge in [-0.05, 0) is 39.0 Å². The van der Waals surface area contributed by atoms with E-state index in [2.05, 4.69) is 83.4 Å². The number of aromatic amines is 1. The Balaban J connectivity index is 0. The predicted molar refractivity (Wildman–Crippen MR) is 131 cm³/mol. The van der Waals surface area contributed by atoms with Gasteiger partial charge in [0.1, 0.15) is 0 Å². The molecule has 3 rings (SSSR count). The third-order valence-corrected chi connectivity index (χ3v) is 4.87. The van der Waals surface area contributed by atoms with Crippen LogP contribution in [0.1, 0.15) is 87.9 Å². The first-order valence-corrected chi connectivity index (χ1v) is 10.2. The molecule has 0 radical (unpaired) electrons. The Morgan fingerprint density at radius 1 is 0.862 bits per heavy atom. The zero-order valence-corrected chi connectivity index (χ0v) is 19.2. The molecule has 0 aliphatic heterocycles. The highest BCUT2D eigenvalue weighted by atomic mass is 32.1. The van der Waals surface area contributed by atoms with Crippen LogP contribution < -0.4 is 0 Å². The van der Waals surface area contributed by atoms with Gasteiger partial charge in [0.2, 0.25) is 0 Å². The van der Waals surface area contributed by atoms with Gasteiger partial charge in [-0.3, -0.25) is 4.68 Å². The minimum atomic E-state index is 0. The Hall–Kier alpha value is -1.88. The normalized spacial score (nSPS) is 11.1. The van der Waals surface area contributed by atoms with Gasteiger partial charge in [0.25, 0.3) is 0 Å². The molecule has 5 heteroatoms. The minimum Gasteiger partial charge on any atom is -0.365 e. The van der Waals surface area contributed by atoms with Gasteiger partial charge in [0, 0.05) is 46.7 Å². The zero-order valence-electron chi connectivity index (χ0n) is 18.4. The maximum Gasteiger partial charge on any atom is 0.0978 e. The SMILES string of the molecule is C.C.CC(C)(C)c1ccc[nH]1.CC(C)(C)c1nccs1.CC(C)(C)n1cccn1. The van der Waals surface area contributed by atoms with Crippen molar-refractivity contribution in [2.45, 2.75) is 93.5 Å². The molecule has 0 saturated carbocycles. The molecule has 3 aromatic rings. The molecule has 0 unspecified atom stereocenters. The maximum atomic E-state index is 4.21. The minimum absolute atomic E-state index is 0. The molecule has 0 aromatic carbocycles. The number of thiazole rings is 1. The lowest BCUT2D eigenvalue weighted by Gasteiger charge is -2.18. The van der Waals surface area contributed by atoms with Gasteiger partial charge in [-0.2, -0.15) is 5.10 Å². The molecule has 0 atom stereocenters. The Labute approximate surface area is 183 Å². The summed E-state index contributed by atoms with van der Waals surface area (Å²) < 4.78 is 1.94. The van der Waals surface area contributed by atoms with Crippen molar-refractivity contribution in [3.05, 3.63) is 59.1 Å². The standard InChI is InChI=1S/C8H13N.C7H12N2.C7H11NS.2CH4/c1-8(2,3)7-5-4-6-9-7;1-7(2,3)9-6-4-5-8-9;1-7(2,3)6-8-4-5-9-6;;/h4-6,9H,1-3H3;4-6H,1-3H3;4-5H,1-3H3;2*1H4. The van der Waals surface area contributed by atoms with Crippen LogP contribution in [0.3, 0.4) is 0 Å². The fourth-order valence-corrected chi connectivity index (χ4v) is 2.78.